The SMILES string of the molecule is CC1(C)O/C(=C2/C(=O)Nc3cc(F)ccc32)C=C1c1ccc(CCCN2CCCCC2)nc1. The number of anilines is 1. The lowest BCUT2D eigenvalue weighted by Gasteiger charge is -2.26. The van der Waals surface area contributed by atoms with Gasteiger partial charge in [0.2, 0.25) is 0 Å². The first-order chi connectivity index (χ1) is 15.9. The number of carbonyl (C=O) groups is 1. The molecule has 1 saturated heterocycles. The lowest BCUT2D eigenvalue weighted by molar-refractivity contribution is -0.111. The van der Waals surface area contributed by atoms with Gasteiger partial charge in [0.15, 0.2) is 0 Å². The highest BCUT2D eigenvalue weighted by Gasteiger charge is 2.38. The number of likely N-dealkylation sites (tertiary alicyclic amines) is 1. The Morgan fingerprint density at radius 1 is 1.15 bits per heavy atom. The third-order valence-electron chi connectivity index (χ3n) is 6.75. The zero-order valence-corrected chi connectivity index (χ0v) is 19.3. The van der Waals surface area contributed by atoms with E-state index in [1.807, 2.05) is 26.1 Å². The first-order valence-electron chi connectivity index (χ1n) is 11.9. The van der Waals surface area contributed by atoms with Crippen molar-refractivity contribution in [2.24, 2.45) is 0 Å². The van der Waals surface area contributed by atoms with E-state index >= 15 is 0 Å². The number of aromatic nitrogens is 1. The minimum absolute atomic E-state index is 0.277. The number of ether oxygens (including phenoxy) is 1. The molecule has 0 spiro atoms. The maximum atomic E-state index is 13.6. The number of nitrogens with zero attached hydrogens (tertiary/aromatic N) is 2. The van der Waals surface area contributed by atoms with Crippen LogP contribution >= 0.6 is 0 Å². The number of pyridine rings is 1. The van der Waals surface area contributed by atoms with E-state index in [1.165, 1.54) is 44.5 Å². The van der Waals surface area contributed by atoms with E-state index in [9.17, 15) is 9.18 Å². The first kappa shape index (κ1) is 21.8. The Balaban J connectivity index is 1.34. The van der Waals surface area contributed by atoms with Gasteiger partial charge >= 0.3 is 0 Å². The van der Waals surface area contributed by atoms with E-state index in [0.29, 0.717) is 22.6 Å². The van der Waals surface area contributed by atoms with Crippen LogP contribution in [-0.2, 0) is 16.0 Å². The quantitative estimate of drug-likeness (QED) is 0.641. The van der Waals surface area contributed by atoms with Crippen molar-refractivity contribution < 1.29 is 13.9 Å². The summed E-state index contributed by atoms with van der Waals surface area (Å²) >= 11 is 0. The normalized spacial score (nSPS) is 22.0. The minimum Gasteiger partial charge on any atom is -0.482 e. The summed E-state index contributed by atoms with van der Waals surface area (Å²) in [5.41, 5.74) is 4.01. The summed E-state index contributed by atoms with van der Waals surface area (Å²) in [7, 11) is 0. The second-order valence-corrected chi connectivity index (χ2v) is 9.60. The van der Waals surface area contributed by atoms with Crippen LogP contribution in [0.1, 0.15) is 56.4 Å². The van der Waals surface area contributed by atoms with Crippen LogP contribution in [0.3, 0.4) is 0 Å². The van der Waals surface area contributed by atoms with Crippen LogP contribution in [0, 0.1) is 5.82 Å². The number of benzene rings is 1. The van der Waals surface area contributed by atoms with Gasteiger partial charge in [0.25, 0.3) is 5.91 Å². The molecule has 1 aromatic carbocycles. The average molecular weight is 448 g/mol. The van der Waals surface area contributed by atoms with Crippen LogP contribution < -0.4 is 5.32 Å². The molecule has 1 amide bonds. The summed E-state index contributed by atoms with van der Waals surface area (Å²) in [5.74, 6) is -0.157. The highest BCUT2D eigenvalue weighted by Crippen LogP contribution is 2.44. The standard InChI is InChI=1S/C27H30FN3O2/c1-27(2)22(16-24(33-27)25-21-11-9-19(28)15-23(21)30-26(25)32)18-8-10-20(29-17-18)7-6-14-31-12-4-3-5-13-31/h8-11,15-17H,3-7,12-14H2,1-2H3,(H,30,32)/b25-24+. The molecule has 33 heavy (non-hydrogen) atoms. The van der Waals surface area contributed by atoms with Crippen LogP contribution in [0.25, 0.3) is 11.1 Å². The van der Waals surface area contributed by atoms with Gasteiger partial charge in [0.05, 0.1) is 11.3 Å². The summed E-state index contributed by atoms with van der Waals surface area (Å²) in [6, 6.07) is 8.49. The summed E-state index contributed by atoms with van der Waals surface area (Å²) < 4.78 is 19.8. The van der Waals surface area contributed by atoms with Crippen molar-refractivity contribution in [2.45, 2.75) is 51.6 Å². The maximum absolute atomic E-state index is 13.6. The topological polar surface area (TPSA) is 54.5 Å². The van der Waals surface area contributed by atoms with Crippen LogP contribution in [0.4, 0.5) is 10.1 Å². The number of rotatable bonds is 5. The van der Waals surface area contributed by atoms with E-state index in [0.717, 1.165) is 36.2 Å². The summed E-state index contributed by atoms with van der Waals surface area (Å²) in [6.45, 7) is 7.56. The van der Waals surface area contributed by atoms with Gasteiger partial charge in [0.1, 0.15) is 17.2 Å². The smallest absolute Gasteiger partial charge is 0.260 e. The minimum atomic E-state index is -0.608. The molecular weight excluding hydrogens is 417 g/mol. The van der Waals surface area contributed by atoms with E-state index < -0.39 is 5.60 Å². The molecule has 4 heterocycles. The average Bonchev–Trinajstić information content (AvgIpc) is 3.29. The number of nitrogens with one attached hydrogen (secondary N) is 1. The largest absolute Gasteiger partial charge is 0.482 e. The Morgan fingerprint density at radius 2 is 1.97 bits per heavy atom. The fraction of sp³-hybridized carbons (Fsp3) is 0.407. The predicted octanol–water partition coefficient (Wildman–Crippen LogP) is 5.19. The molecule has 0 radical (unpaired) electrons. The molecule has 1 N–H and O–H groups in total. The van der Waals surface area contributed by atoms with Gasteiger partial charge in [-0.2, -0.15) is 0 Å². The number of carbonyl (C=O) groups excluding carboxylic acids is 1. The van der Waals surface area contributed by atoms with Gasteiger partial charge in [-0.1, -0.05) is 12.5 Å². The molecule has 1 aromatic heterocycles. The molecule has 3 aliphatic heterocycles. The molecule has 1 fully saturated rings. The van der Waals surface area contributed by atoms with Gasteiger partial charge in [-0.05, 0) is 89.5 Å². The van der Waals surface area contributed by atoms with Crippen molar-refractivity contribution in [3.63, 3.8) is 0 Å². The van der Waals surface area contributed by atoms with E-state index in [4.69, 9.17) is 9.72 Å². The number of aryl methyl sites for hydroxylation is 1. The Hall–Kier alpha value is -2.99. The van der Waals surface area contributed by atoms with Crippen molar-refractivity contribution in [3.8, 4) is 0 Å². The van der Waals surface area contributed by atoms with E-state index in [1.54, 1.807) is 6.07 Å². The van der Waals surface area contributed by atoms with Crippen molar-refractivity contribution in [1.29, 1.82) is 0 Å². The number of amides is 1. The molecule has 3 aliphatic rings. The Morgan fingerprint density at radius 3 is 2.73 bits per heavy atom. The van der Waals surface area contributed by atoms with Gasteiger partial charge in [-0.15, -0.1) is 0 Å². The number of piperidine rings is 1. The molecule has 5 nitrogen and oxygen atoms in total. The summed E-state index contributed by atoms with van der Waals surface area (Å²) in [6.07, 6.45) is 9.92. The number of fused-ring (bicyclic) bond motifs is 1. The monoisotopic (exact) mass is 447 g/mol. The van der Waals surface area contributed by atoms with Crippen LogP contribution in [-0.4, -0.2) is 41.0 Å². The highest BCUT2D eigenvalue weighted by atomic mass is 19.1. The second kappa shape index (κ2) is 8.75. The van der Waals surface area contributed by atoms with Crippen LogP contribution in [0.5, 0.6) is 0 Å². The molecule has 6 heteroatoms. The molecule has 0 unspecified atom stereocenters. The summed E-state index contributed by atoms with van der Waals surface area (Å²) in [5, 5.41) is 2.74. The Bertz CT molecular complexity index is 1130. The molecule has 0 saturated carbocycles. The summed E-state index contributed by atoms with van der Waals surface area (Å²) in [4.78, 5) is 19.9. The molecule has 5 rings (SSSR count). The van der Waals surface area contributed by atoms with Crippen molar-refractivity contribution in [2.75, 3.05) is 25.0 Å². The third-order valence-corrected chi connectivity index (χ3v) is 6.75. The molecule has 0 bridgehead atoms. The van der Waals surface area contributed by atoms with Gasteiger partial charge in [-0.25, -0.2) is 4.39 Å². The maximum Gasteiger partial charge on any atom is 0.260 e. The van der Waals surface area contributed by atoms with E-state index in [-0.39, 0.29) is 11.7 Å². The number of allylic oxidation sites excluding steroid dienone is 1. The fourth-order valence-corrected chi connectivity index (χ4v) is 5.01. The van der Waals surface area contributed by atoms with Gasteiger partial charge in [-0.3, -0.25) is 9.78 Å². The van der Waals surface area contributed by atoms with Crippen molar-refractivity contribution in [1.82, 2.24) is 9.88 Å². The number of hydrogen-bond donors (Lipinski definition) is 1. The van der Waals surface area contributed by atoms with Gasteiger partial charge in [0, 0.05) is 28.6 Å². The van der Waals surface area contributed by atoms with Crippen LogP contribution in [0.15, 0.2) is 48.4 Å². The predicted molar refractivity (Wildman–Crippen MR) is 128 cm³/mol. The zero-order valence-electron chi connectivity index (χ0n) is 19.3. The number of hydrogen-bond acceptors (Lipinski definition) is 4. The lowest BCUT2D eigenvalue weighted by Crippen LogP contribution is -2.30. The van der Waals surface area contributed by atoms with Crippen molar-refractivity contribution >= 4 is 22.7 Å². The highest BCUT2D eigenvalue weighted by molar-refractivity contribution is 6.32. The van der Waals surface area contributed by atoms with Gasteiger partial charge < -0.3 is 15.0 Å². The zero-order chi connectivity index (χ0) is 23.0. The molecule has 0 atom stereocenters. The Kier molecular flexibility index (Phi) is 5.79. The lowest BCUT2D eigenvalue weighted by atomic mass is 9.93. The first-order valence-corrected chi connectivity index (χ1v) is 11.9. The number of halogens is 1. The molecule has 172 valence electrons. The van der Waals surface area contributed by atoms with Crippen LogP contribution in [0.2, 0.25) is 0 Å². The second-order valence-electron chi connectivity index (χ2n) is 9.60. The Labute approximate surface area is 194 Å². The molecule has 2 aromatic rings. The fourth-order valence-electron chi connectivity index (χ4n) is 5.01. The van der Waals surface area contributed by atoms with Crippen molar-refractivity contribution in [3.05, 3.63) is 71.0 Å². The van der Waals surface area contributed by atoms with E-state index in [2.05, 4.69) is 22.3 Å². The molecular formula is C27H30FN3O2. The molecule has 0 aliphatic carbocycles. The third kappa shape index (κ3) is 4.44.